The lowest BCUT2D eigenvalue weighted by Crippen LogP contribution is -2.28. The fourth-order valence-corrected chi connectivity index (χ4v) is 3.81. The Kier molecular flexibility index (Phi) is 5.65. The van der Waals surface area contributed by atoms with E-state index in [2.05, 4.69) is 14.9 Å². The summed E-state index contributed by atoms with van der Waals surface area (Å²) in [7, 11) is 6.42. The van der Waals surface area contributed by atoms with Gasteiger partial charge >= 0.3 is 0 Å². The smallest absolute Gasteiger partial charge is 0.205 e. The van der Waals surface area contributed by atoms with E-state index in [1.807, 2.05) is 24.3 Å². The van der Waals surface area contributed by atoms with Gasteiger partial charge in [-0.15, -0.1) is 0 Å². The lowest BCUT2D eigenvalue weighted by atomic mass is 10.1. The molecular weight excluding hydrogens is 386 g/mol. The summed E-state index contributed by atoms with van der Waals surface area (Å²) < 4.78 is 28.1. The molecule has 2 aromatic carbocycles. The highest BCUT2D eigenvalue weighted by Gasteiger charge is 2.24. The number of hydrogen-bond acceptors (Lipinski definition) is 8. The van der Waals surface area contributed by atoms with Gasteiger partial charge in [0.05, 0.1) is 40.4 Å². The molecule has 30 heavy (non-hydrogen) atoms. The molecule has 0 aliphatic carbocycles. The van der Waals surface area contributed by atoms with E-state index in [4.69, 9.17) is 23.7 Å². The van der Waals surface area contributed by atoms with Crippen molar-refractivity contribution in [2.75, 3.05) is 46.5 Å². The van der Waals surface area contributed by atoms with Crippen molar-refractivity contribution < 1.29 is 23.7 Å². The summed E-state index contributed by atoms with van der Waals surface area (Å²) in [4.78, 5) is 11.3. The highest BCUT2D eigenvalue weighted by Crippen LogP contribution is 2.45. The summed E-state index contributed by atoms with van der Waals surface area (Å²) >= 11 is 0. The number of para-hydroxylation sites is 1. The number of methoxy groups -OCH3 is 4. The van der Waals surface area contributed by atoms with Crippen molar-refractivity contribution in [1.82, 2.24) is 9.97 Å². The van der Waals surface area contributed by atoms with Crippen LogP contribution in [0.25, 0.3) is 10.9 Å². The molecule has 0 bridgehead atoms. The summed E-state index contributed by atoms with van der Waals surface area (Å²) in [5.74, 6) is 3.90. The van der Waals surface area contributed by atoms with Crippen LogP contribution in [0.2, 0.25) is 0 Å². The number of ether oxygens (including phenoxy) is 5. The van der Waals surface area contributed by atoms with Crippen molar-refractivity contribution in [3.63, 3.8) is 0 Å². The third-order valence-corrected chi connectivity index (χ3v) is 5.17. The van der Waals surface area contributed by atoms with E-state index in [-0.39, 0.29) is 0 Å². The molecular formula is C22H25N3O5. The quantitative estimate of drug-likeness (QED) is 0.632. The minimum atomic E-state index is 0.508. The lowest BCUT2D eigenvalue weighted by Gasteiger charge is -2.29. The fourth-order valence-electron chi connectivity index (χ4n) is 3.81. The SMILES string of the molecule is COc1cccc2c1OCCCN(c1ncnc3c(OC)c(OC)c(OC)cc13)C2. The van der Waals surface area contributed by atoms with Crippen LogP contribution < -0.4 is 28.6 Å². The minimum absolute atomic E-state index is 0.508. The first-order valence-corrected chi connectivity index (χ1v) is 9.69. The van der Waals surface area contributed by atoms with Crippen molar-refractivity contribution in [3.05, 3.63) is 36.2 Å². The maximum atomic E-state index is 5.98. The molecule has 3 aromatic rings. The molecule has 0 radical (unpaired) electrons. The maximum absolute atomic E-state index is 5.98. The Hall–Kier alpha value is -3.42. The second-order valence-corrected chi connectivity index (χ2v) is 6.81. The molecule has 0 fully saturated rings. The van der Waals surface area contributed by atoms with Crippen molar-refractivity contribution in [2.45, 2.75) is 13.0 Å². The third-order valence-electron chi connectivity index (χ3n) is 5.17. The van der Waals surface area contributed by atoms with Gasteiger partial charge in [-0.05, 0) is 18.6 Å². The Balaban J connectivity index is 1.86. The number of anilines is 1. The van der Waals surface area contributed by atoms with Crippen molar-refractivity contribution in [1.29, 1.82) is 0 Å². The van der Waals surface area contributed by atoms with Crippen LogP contribution in [0.1, 0.15) is 12.0 Å². The zero-order chi connectivity index (χ0) is 21.1. The number of rotatable bonds is 5. The Morgan fingerprint density at radius 3 is 2.47 bits per heavy atom. The van der Waals surface area contributed by atoms with Crippen molar-refractivity contribution >= 4 is 16.7 Å². The summed E-state index contributed by atoms with van der Waals surface area (Å²) in [6, 6.07) is 7.82. The van der Waals surface area contributed by atoms with Gasteiger partial charge in [-0.25, -0.2) is 9.97 Å². The van der Waals surface area contributed by atoms with Crippen LogP contribution in [-0.4, -0.2) is 51.6 Å². The molecule has 0 N–H and O–H groups in total. The average Bonchev–Trinajstić information content (AvgIpc) is 2.77. The number of nitrogens with zero attached hydrogens (tertiary/aromatic N) is 3. The van der Waals surface area contributed by atoms with Crippen molar-refractivity contribution in [2.24, 2.45) is 0 Å². The molecule has 4 rings (SSSR count). The van der Waals surface area contributed by atoms with Crippen LogP contribution in [0.5, 0.6) is 28.7 Å². The van der Waals surface area contributed by atoms with Crippen LogP contribution in [0.4, 0.5) is 5.82 Å². The van der Waals surface area contributed by atoms with Crippen LogP contribution in [0.3, 0.4) is 0 Å². The first-order chi connectivity index (χ1) is 14.7. The van der Waals surface area contributed by atoms with Gasteiger partial charge in [0.25, 0.3) is 0 Å². The van der Waals surface area contributed by atoms with E-state index >= 15 is 0 Å². The molecule has 1 aromatic heterocycles. The van der Waals surface area contributed by atoms with Gasteiger partial charge in [-0.2, -0.15) is 0 Å². The molecule has 1 aliphatic rings. The summed E-state index contributed by atoms with van der Waals surface area (Å²) in [5, 5.41) is 0.831. The minimum Gasteiger partial charge on any atom is -0.493 e. The molecule has 0 saturated heterocycles. The van der Waals surface area contributed by atoms with E-state index in [1.165, 1.54) is 0 Å². The van der Waals surface area contributed by atoms with Crippen LogP contribution in [0.15, 0.2) is 30.6 Å². The topological polar surface area (TPSA) is 75.2 Å². The Labute approximate surface area is 175 Å². The number of fused-ring (bicyclic) bond motifs is 2. The number of benzene rings is 2. The van der Waals surface area contributed by atoms with E-state index in [0.29, 0.717) is 35.9 Å². The molecule has 8 nitrogen and oxygen atoms in total. The third kappa shape index (κ3) is 3.38. The zero-order valence-electron chi connectivity index (χ0n) is 17.6. The van der Waals surface area contributed by atoms with Gasteiger partial charge in [0.15, 0.2) is 23.0 Å². The van der Waals surface area contributed by atoms with E-state index < -0.39 is 0 Å². The molecule has 0 amide bonds. The second-order valence-electron chi connectivity index (χ2n) is 6.81. The molecule has 0 spiro atoms. The largest absolute Gasteiger partial charge is 0.493 e. The Morgan fingerprint density at radius 2 is 1.73 bits per heavy atom. The molecule has 2 heterocycles. The van der Waals surface area contributed by atoms with Gasteiger partial charge in [0.1, 0.15) is 17.7 Å². The van der Waals surface area contributed by atoms with Gasteiger partial charge in [-0.1, -0.05) is 12.1 Å². The highest BCUT2D eigenvalue weighted by atomic mass is 16.5. The molecule has 1 aliphatic heterocycles. The van der Waals surface area contributed by atoms with Crippen LogP contribution in [0, 0.1) is 0 Å². The maximum Gasteiger partial charge on any atom is 0.205 e. The van der Waals surface area contributed by atoms with E-state index in [1.54, 1.807) is 34.8 Å². The van der Waals surface area contributed by atoms with E-state index in [0.717, 1.165) is 41.2 Å². The molecule has 0 saturated carbocycles. The average molecular weight is 411 g/mol. The number of hydrogen-bond donors (Lipinski definition) is 0. The van der Waals surface area contributed by atoms with E-state index in [9.17, 15) is 0 Å². The van der Waals surface area contributed by atoms with Gasteiger partial charge in [0.2, 0.25) is 5.75 Å². The van der Waals surface area contributed by atoms with Gasteiger partial charge in [-0.3, -0.25) is 0 Å². The first-order valence-electron chi connectivity index (χ1n) is 9.69. The fraction of sp³-hybridized carbons (Fsp3) is 0.364. The molecule has 0 unspecified atom stereocenters. The molecule has 0 atom stereocenters. The van der Waals surface area contributed by atoms with Crippen molar-refractivity contribution in [3.8, 4) is 28.7 Å². The summed E-state index contributed by atoms with van der Waals surface area (Å²) in [6.07, 6.45) is 2.39. The standard InChI is InChI=1S/C22H25N3O5/c1-26-16-8-5-7-14-12-25(9-6-10-30-19(14)16)22-15-11-17(27-2)20(28-3)21(29-4)18(15)23-13-24-22/h5,7-8,11,13H,6,9-10,12H2,1-4H3. The summed E-state index contributed by atoms with van der Waals surface area (Å²) in [5.41, 5.74) is 1.71. The normalized spacial score (nSPS) is 13.7. The summed E-state index contributed by atoms with van der Waals surface area (Å²) in [6.45, 7) is 1.99. The second kappa shape index (κ2) is 8.52. The zero-order valence-corrected chi connectivity index (χ0v) is 17.6. The molecule has 8 heteroatoms. The van der Waals surface area contributed by atoms with Crippen LogP contribution >= 0.6 is 0 Å². The number of aromatic nitrogens is 2. The molecule has 158 valence electrons. The lowest BCUT2D eigenvalue weighted by molar-refractivity contribution is 0.281. The predicted molar refractivity (Wildman–Crippen MR) is 113 cm³/mol. The Bertz CT molecular complexity index is 1060. The predicted octanol–water partition coefficient (Wildman–Crippen LogP) is 3.45. The van der Waals surface area contributed by atoms with Gasteiger partial charge < -0.3 is 28.6 Å². The first kappa shape index (κ1) is 19.9. The monoisotopic (exact) mass is 411 g/mol. The van der Waals surface area contributed by atoms with Gasteiger partial charge in [0, 0.05) is 18.7 Å². The Morgan fingerprint density at radius 1 is 0.933 bits per heavy atom. The highest BCUT2D eigenvalue weighted by molar-refractivity contribution is 5.97. The van der Waals surface area contributed by atoms with Crippen LogP contribution in [-0.2, 0) is 6.54 Å².